The fraction of sp³-hybridized carbons (Fsp3) is 0.750. The average molecular weight is 209 g/mol. The third kappa shape index (κ3) is 3.06. The summed E-state index contributed by atoms with van der Waals surface area (Å²) in [4.78, 5) is 4.19. The van der Waals surface area contributed by atoms with Crippen LogP contribution in [0.4, 0.5) is 0 Å². The van der Waals surface area contributed by atoms with Crippen LogP contribution in [0.1, 0.15) is 45.3 Å². The first-order valence-electron chi connectivity index (χ1n) is 5.90. The highest BCUT2D eigenvalue weighted by molar-refractivity contribution is 5.06. The molecule has 0 aliphatic rings. The number of rotatable bonds is 6. The molecule has 3 nitrogen and oxygen atoms in total. The molecule has 1 rings (SSSR count). The van der Waals surface area contributed by atoms with Crippen LogP contribution in [0, 0.1) is 5.92 Å². The monoisotopic (exact) mass is 209 g/mol. The minimum absolute atomic E-state index is 0.433. The van der Waals surface area contributed by atoms with Gasteiger partial charge >= 0.3 is 0 Å². The molecule has 0 radical (unpaired) electrons. The van der Waals surface area contributed by atoms with Crippen molar-refractivity contribution in [3.63, 3.8) is 0 Å². The maximum atomic E-state index is 4.19. The number of nitrogens with zero attached hydrogens (tertiary/aromatic N) is 2. The molecule has 0 amide bonds. The summed E-state index contributed by atoms with van der Waals surface area (Å²) in [6.07, 6.45) is 6.20. The Labute approximate surface area is 92.9 Å². The summed E-state index contributed by atoms with van der Waals surface area (Å²) >= 11 is 0. The van der Waals surface area contributed by atoms with Crippen molar-refractivity contribution < 1.29 is 0 Å². The van der Waals surface area contributed by atoms with E-state index in [1.807, 2.05) is 12.5 Å². The SMILES string of the molecule is CCCNC(c1cncn1C)C(C)CC. The molecule has 1 aromatic heterocycles. The molecule has 0 aliphatic heterocycles. The van der Waals surface area contributed by atoms with E-state index < -0.39 is 0 Å². The van der Waals surface area contributed by atoms with Gasteiger partial charge in [-0.15, -0.1) is 0 Å². The molecule has 0 fully saturated rings. The molecule has 0 bridgehead atoms. The fourth-order valence-electron chi connectivity index (χ4n) is 1.80. The molecule has 1 aromatic rings. The lowest BCUT2D eigenvalue weighted by Gasteiger charge is -2.24. The van der Waals surface area contributed by atoms with Crippen LogP contribution in [0.5, 0.6) is 0 Å². The Morgan fingerprint density at radius 1 is 1.47 bits per heavy atom. The number of imidazole rings is 1. The lowest BCUT2D eigenvalue weighted by Crippen LogP contribution is -2.29. The summed E-state index contributed by atoms with van der Waals surface area (Å²) in [7, 11) is 2.06. The summed E-state index contributed by atoms with van der Waals surface area (Å²) in [5, 5.41) is 3.60. The maximum Gasteiger partial charge on any atom is 0.0946 e. The van der Waals surface area contributed by atoms with Gasteiger partial charge in [-0.25, -0.2) is 4.98 Å². The van der Waals surface area contributed by atoms with Gasteiger partial charge in [0.1, 0.15) is 0 Å². The van der Waals surface area contributed by atoms with Gasteiger partial charge in [0.15, 0.2) is 0 Å². The first kappa shape index (κ1) is 12.2. The van der Waals surface area contributed by atoms with E-state index in [-0.39, 0.29) is 0 Å². The lowest BCUT2D eigenvalue weighted by atomic mass is 9.96. The molecule has 0 saturated carbocycles. The van der Waals surface area contributed by atoms with Crippen molar-refractivity contribution in [2.75, 3.05) is 6.54 Å². The Bertz CT molecular complexity index is 280. The zero-order valence-electron chi connectivity index (χ0n) is 10.3. The fourth-order valence-corrected chi connectivity index (χ4v) is 1.80. The van der Waals surface area contributed by atoms with E-state index in [4.69, 9.17) is 0 Å². The summed E-state index contributed by atoms with van der Waals surface area (Å²) in [6.45, 7) is 7.80. The molecule has 1 N–H and O–H groups in total. The van der Waals surface area contributed by atoms with E-state index in [9.17, 15) is 0 Å². The van der Waals surface area contributed by atoms with Crippen molar-refractivity contribution in [3.8, 4) is 0 Å². The minimum Gasteiger partial charge on any atom is -0.336 e. The van der Waals surface area contributed by atoms with Gasteiger partial charge in [-0.3, -0.25) is 0 Å². The van der Waals surface area contributed by atoms with E-state index in [0.29, 0.717) is 12.0 Å². The minimum atomic E-state index is 0.433. The van der Waals surface area contributed by atoms with E-state index in [2.05, 4.69) is 42.7 Å². The van der Waals surface area contributed by atoms with Crippen molar-refractivity contribution in [2.45, 2.75) is 39.7 Å². The van der Waals surface area contributed by atoms with Gasteiger partial charge in [0.2, 0.25) is 0 Å². The first-order valence-corrected chi connectivity index (χ1v) is 5.90. The van der Waals surface area contributed by atoms with Crippen LogP contribution >= 0.6 is 0 Å². The van der Waals surface area contributed by atoms with Crippen LogP contribution in [0.2, 0.25) is 0 Å². The quantitative estimate of drug-likeness (QED) is 0.780. The highest BCUT2D eigenvalue weighted by Crippen LogP contribution is 2.23. The average Bonchev–Trinajstić information content (AvgIpc) is 2.65. The number of aromatic nitrogens is 2. The van der Waals surface area contributed by atoms with Crippen molar-refractivity contribution in [1.82, 2.24) is 14.9 Å². The summed E-state index contributed by atoms with van der Waals surface area (Å²) in [6, 6.07) is 0.433. The van der Waals surface area contributed by atoms with Crippen molar-refractivity contribution in [1.29, 1.82) is 0 Å². The van der Waals surface area contributed by atoms with Gasteiger partial charge in [0.25, 0.3) is 0 Å². The van der Waals surface area contributed by atoms with Gasteiger partial charge in [-0.1, -0.05) is 27.2 Å². The molecule has 0 aliphatic carbocycles. The van der Waals surface area contributed by atoms with Crippen molar-refractivity contribution >= 4 is 0 Å². The van der Waals surface area contributed by atoms with Crippen LogP contribution < -0.4 is 5.32 Å². The molecule has 3 heteroatoms. The molecule has 2 atom stereocenters. The Hall–Kier alpha value is -0.830. The van der Waals surface area contributed by atoms with Gasteiger partial charge < -0.3 is 9.88 Å². The molecule has 2 unspecified atom stereocenters. The third-order valence-corrected chi connectivity index (χ3v) is 3.00. The van der Waals surface area contributed by atoms with E-state index in [0.717, 1.165) is 6.54 Å². The second kappa shape index (κ2) is 5.91. The first-order chi connectivity index (χ1) is 7.20. The lowest BCUT2D eigenvalue weighted by molar-refractivity contribution is 0.363. The number of nitrogens with one attached hydrogen (secondary N) is 1. The van der Waals surface area contributed by atoms with E-state index in [1.54, 1.807) is 0 Å². The summed E-state index contributed by atoms with van der Waals surface area (Å²) < 4.78 is 2.11. The van der Waals surface area contributed by atoms with Crippen LogP contribution in [0.3, 0.4) is 0 Å². The van der Waals surface area contributed by atoms with Gasteiger partial charge in [0, 0.05) is 13.2 Å². The largest absolute Gasteiger partial charge is 0.336 e. The van der Waals surface area contributed by atoms with Crippen LogP contribution in [-0.4, -0.2) is 16.1 Å². The van der Waals surface area contributed by atoms with Gasteiger partial charge in [-0.2, -0.15) is 0 Å². The molecular weight excluding hydrogens is 186 g/mol. The standard InChI is InChI=1S/C12H23N3/c1-5-7-14-12(10(3)6-2)11-8-13-9-15(11)4/h8-10,12,14H,5-7H2,1-4H3. The van der Waals surface area contributed by atoms with Crippen LogP contribution in [0.15, 0.2) is 12.5 Å². The smallest absolute Gasteiger partial charge is 0.0946 e. The molecule has 0 aromatic carbocycles. The Morgan fingerprint density at radius 2 is 2.20 bits per heavy atom. The van der Waals surface area contributed by atoms with Crippen molar-refractivity contribution in [3.05, 3.63) is 18.2 Å². The third-order valence-electron chi connectivity index (χ3n) is 3.00. The predicted molar refractivity (Wildman–Crippen MR) is 63.7 cm³/mol. The summed E-state index contributed by atoms with van der Waals surface area (Å²) in [5.74, 6) is 0.645. The van der Waals surface area contributed by atoms with E-state index >= 15 is 0 Å². The highest BCUT2D eigenvalue weighted by atomic mass is 15.1. The highest BCUT2D eigenvalue weighted by Gasteiger charge is 2.19. The zero-order chi connectivity index (χ0) is 11.3. The Morgan fingerprint density at radius 3 is 2.67 bits per heavy atom. The van der Waals surface area contributed by atoms with E-state index in [1.165, 1.54) is 18.5 Å². The van der Waals surface area contributed by atoms with Crippen LogP contribution in [-0.2, 0) is 7.05 Å². The molecular formula is C12H23N3. The molecule has 0 saturated heterocycles. The number of aryl methyl sites for hydroxylation is 1. The molecule has 0 spiro atoms. The van der Waals surface area contributed by atoms with Gasteiger partial charge in [-0.05, 0) is 18.9 Å². The van der Waals surface area contributed by atoms with Gasteiger partial charge in [0.05, 0.1) is 18.1 Å². The molecule has 1 heterocycles. The second-order valence-electron chi connectivity index (χ2n) is 4.25. The molecule has 15 heavy (non-hydrogen) atoms. The Kier molecular flexibility index (Phi) is 4.82. The molecule has 86 valence electrons. The maximum absolute atomic E-state index is 4.19. The van der Waals surface area contributed by atoms with Crippen LogP contribution in [0.25, 0.3) is 0 Å². The number of hydrogen-bond donors (Lipinski definition) is 1. The number of hydrogen-bond acceptors (Lipinski definition) is 2. The summed E-state index contributed by atoms with van der Waals surface area (Å²) in [5.41, 5.74) is 1.29. The van der Waals surface area contributed by atoms with Crippen molar-refractivity contribution in [2.24, 2.45) is 13.0 Å². The second-order valence-corrected chi connectivity index (χ2v) is 4.25. The normalized spacial score (nSPS) is 15.2. The predicted octanol–water partition coefficient (Wildman–Crippen LogP) is 2.51. The topological polar surface area (TPSA) is 29.9 Å². The Balaban J connectivity index is 2.76. The zero-order valence-corrected chi connectivity index (χ0v) is 10.3.